The number of esters is 1. The van der Waals surface area contributed by atoms with E-state index in [2.05, 4.69) is 10.1 Å². The predicted molar refractivity (Wildman–Crippen MR) is 50.1 cm³/mol. The van der Waals surface area contributed by atoms with Crippen LogP contribution in [0.2, 0.25) is 5.22 Å². The fourth-order valence-electron chi connectivity index (χ4n) is 1.55. The number of rotatable bonds is 1. The van der Waals surface area contributed by atoms with Crippen LogP contribution in [0, 0.1) is 0 Å². The summed E-state index contributed by atoms with van der Waals surface area (Å²) in [6.07, 6.45) is 0.495. The molecule has 2 rings (SSSR count). The molecule has 14 heavy (non-hydrogen) atoms. The van der Waals surface area contributed by atoms with E-state index in [4.69, 9.17) is 16.0 Å². The lowest BCUT2D eigenvalue weighted by Crippen LogP contribution is -2.41. The van der Waals surface area contributed by atoms with Gasteiger partial charge in [-0.1, -0.05) is 0 Å². The normalized spacial score (nSPS) is 20.3. The van der Waals surface area contributed by atoms with Crippen LogP contribution >= 0.6 is 11.6 Å². The number of carbonyl (C=O) groups is 1. The molecule has 76 valence electrons. The molecule has 1 atom stereocenters. The van der Waals surface area contributed by atoms with Gasteiger partial charge < -0.3 is 9.15 Å². The lowest BCUT2D eigenvalue weighted by molar-refractivity contribution is -0.143. The van der Waals surface area contributed by atoms with Gasteiger partial charge in [0.15, 0.2) is 5.22 Å². The minimum absolute atomic E-state index is 0.275. The highest BCUT2D eigenvalue weighted by Gasteiger charge is 2.27. The number of nitrogens with one attached hydrogen (secondary N) is 1. The number of halogens is 1. The number of carbonyl (C=O) groups excluding carboxylic acids is 1. The van der Waals surface area contributed by atoms with Crippen LogP contribution in [0.1, 0.15) is 11.3 Å². The van der Waals surface area contributed by atoms with E-state index in [0.717, 1.165) is 11.3 Å². The molecule has 5 heteroatoms. The minimum atomic E-state index is -0.324. The molecule has 4 nitrogen and oxygen atoms in total. The molecule has 1 unspecified atom stereocenters. The summed E-state index contributed by atoms with van der Waals surface area (Å²) in [5.41, 5.74) is 1.01. The molecule has 1 aromatic heterocycles. The number of hydrogen-bond donors (Lipinski definition) is 1. The number of fused-ring (bicyclic) bond motifs is 1. The highest BCUT2D eigenvalue weighted by Crippen LogP contribution is 2.24. The van der Waals surface area contributed by atoms with Crippen molar-refractivity contribution in [3.05, 3.63) is 22.6 Å². The molecular weight excluding hydrogens is 206 g/mol. The van der Waals surface area contributed by atoms with E-state index in [1.165, 1.54) is 7.11 Å². The molecule has 1 aliphatic rings. The average Bonchev–Trinajstić information content (AvgIpc) is 2.55. The van der Waals surface area contributed by atoms with Gasteiger partial charge in [-0.3, -0.25) is 10.1 Å². The second kappa shape index (κ2) is 3.63. The fourth-order valence-corrected chi connectivity index (χ4v) is 1.78. The third kappa shape index (κ3) is 1.63. The molecule has 1 aliphatic heterocycles. The number of furan rings is 1. The van der Waals surface area contributed by atoms with E-state index in [9.17, 15) is 4.79 Å². The predicted octanol–water partition coefficient (Wildman–Crippen LogP) is 1.12. The van der Waals surface area contributed by atoms with Gasteiger partial charge in [-0.15, -0.1) is 0 Å². The summed E-state index contributed by atoms with van der Waals surface area (Å²) in [5, 5.41) is 3.41. The number of methoxy groups -OCH3 is 1. The molecule has 0 spiro atoms. The summed E-state index contributed by atoms with van der Waals surface area (Å²) < 4.78 is 9.88. The lowest BCUT2D eigenvalue weighted by Gasteiger charge is -2.20. The van der Waals surface area contributed by atoms with Crippen LogP contribution in [0.3, 0.4) is 0 Å². The third-order valence-electron chi connectivity index (χ3n) is 2.28. The summed E-state index contributed by atoms with van der Waals surface area (Å²) >= 11 is 5.70. The summed E-state index contributed by atoms with van der Waals surface area (Å²) in [6.45, 7) is 0.589. The fraction of sp³-hybridized carbons (Fsp3) is 0.444. The van der Waals surface area contributed by atoms with Gasteiger partial charge in [0.2, 0.25) is 0 Å². The SMILES string of the molecule is COC(=O)C1Cc2oc(Cl)cc2CN1. The van der Waals surface area contributed by atoms with Crippen molar-refractivity contribution in [3.63, 3.8) is 0 Å². The van der Waals surface area contributed by atoms with Crippen LogP contribution in [0.15, 0.2) is 10.5 Å². The largest absolute Gasteiger partial charge is 0.468 e. The Morgan fingerprint density at radius 1 is 1.79 bits per heavy atom. The van der Waals surface area contributed by atoms with Gasteiger partial charge in [-0.25, -0.2) is 0 Å². The lowest BCUT2D eigenvalue weighted by atomic mass is 10.0. The first-order chi connectivity index (χ1) is 6.70. The molecule has 0 aliphatic carbocycles. The molecule has 0 radical (unpaired) electrons. The summed E-state index contributed by atoms with van der Waals surface area (Å²) in [4.78, 5) is 11.2. The molecule has 0 aromatic carbocycles. The molecule has 1 N–H and O–H groups in total. The van der Waals surface area contributed by atoms with Crippen molar-refractivity contribution in [1.82, 2.24) is 5.32 Å². The second-order valence-corrected chi connectivity index (χ2v) is 3.53. The average molecular weight is 216 g/mol. The molecule has 2 heterocycles. The summed E-state index contributed by atoms with van der Waals surface area (Å²) in [6, 6.07) is 1.44. The Balaban J connectivity index is 2.16. The molecule has 0 saturated heterocycles. The Hall–Kier alpha value is -1.00. The van der Waals surface area contributed by atoms with Crippen molar-refractivity contribution < 1.29 is 13.9 Å². The smallest absolute Gasteiger partial charge is 0.323 e. The van der Waals surface area contributed by atoms with E-state index in [1.54, 1.807) is 6.07 Å². The number of hydrogen-bond acceptors (Lipinski definition) is 4. The monoisotopic (exact) mass is 215 g/mol. The zero-order chi connectivity index (χ0) is 10.1. The Kier molecular flexibility index (Phi) is 2.48. The van der Waals surface area contributed by atoms with Crippen molar-refractivity contribution in [2.75, 3.05) is 7.11 Å². The van der Waals surface area contributed by atoms with E-state index >= 15 is 0 Å². The molecule has 0 fully saturated rings. The topological polar surface area (TPSA) is 51.5 Å². The summed E-state index contributed by atoms with van der Waals surface area (Å²) in [7, 11) is 1.37. The Morgan fingerprint density at radius 3 is 3.29 bits per heavy atom. The highest BCUT2D eigenvalue weighted by atomic mass is 35.5. The van der Waals surface area contributed by atoms with E-state index < -0.39 is 0 Å². The standard InChI is InChI=1S/C9H10ClNO3/c1-13-9(12)6-3-7-5(4-11-6)2-8(10)14-7/h2,6,11H,3-4H2,1H3. The van der Waals surface area contributed by atoms with E-state index in [0.29, 0.717) is 18.2 Å². The van der Waals surface area contributed by atoms with Crippen molar-refractivity contribution in [1.29, 1.82) is 0 Å². The quantitative estimate of drug-likeness (QED) is 0.714. The van der Waals surface area contributed by atoms with Crippen LogP contribution in [0.5, 0.6) is 0 Å². The van der Waals surface area contributed by atoms with Crippen molar-refractivity contribution >= 4 is 17.6 Å². The van der Waals surface area contributed by atoms with Gasteiger partial charge in [0.25, 0.3) is 0 Å². The van der Waals surface area contributed by atoms with Crippen molar-refractivity contribution in [2.24, 2.45) is 0 Å². The van der Waals surface area contributed by atoms with Crippen LogP contribution in [-0.4, -0.2) is 19.1 Å². The summed E-state index contributed by atoms with van der Waals surface area (Å²) in [5.74, 6) is 0.493. The third-order valence-corrected chi connectivity index (χ3v) is 2.47. The van der Waals surface area contributed by atoms with Crippen LogP contribution in [-0.2, 0) is 22.5 Å². The number of ether oxygens (including phenoxy) is 1. The van der Waals surface area contributed by atoms with Crippen LogP contribution < -0.4 is 5.32 Å². The van der Waals surface area contributed by atoms with E-state index in [1.807, 2.05) is 0 Å². The zero-order valence-corrected chi connectivity index (χ0v) is 8.43. The van der Waals surface area contributed by atoms with Gasteiger partial charge >= 0.3 is 5.97 Å². The van der Waals surface area contributed by atoms with Gasteiger partial charge in [0, 0.05) is 24.6 Å². The zero-order valence-electron chi connectivity index (χ0n) is 7.67. The van der Waals surface area contributed by atoms with Gasteiger partial charge in [0.1, 0.15) is 11.8 Å². The highest BCUT2D eigenvalue weighted by molar-refractivity contribution is 6.28. The molecule has 0 saturated carbocycles. The Labute approximate surface area is 86.2 Å². The van der Waals surface area contributed by atoms with Gasteiger partial charge in [0.05, 0.1) is 7.11 Å². The maximum Gasteiger partial charge on any atom is 0.323 e. The van der Waals surface area contributed by atoms with Crippen LogP contribution in [0.25, 0.3) is 0 Å². The minimum Gasteiger partial charge on any atom is -0.468 e. The maximum atomic E-state index is 11.2. The Morgan fingerprint density at radius 2 is 2.57 bits per heavy atom. The first-order valence-corrected chi connectivity index (χ1v) is 4.67. The first-order valence-electron chi connectivity index (χ1n) is 4.29. The molecular formula is C9H10ClNO3. The first kappa shape index (κ1) is 9.55. The van der Waals surface area contributed by atoms with Crippen molar-refractivity contribution in [3.8, 4) is 0 Å². The van der Waals surface area contributed by atoms with Crippen LogP contribution in [0.4, 0.5) is 0 Å². The second-order valence-electron chi connectivity index (χ2n) is 3.16. The van der Waals surface area contributed by atoms with E-state index in [-0.39, 0.29) is 12.0 Å². The Bertz CT molecular complexity index is 361. The molecule has 0 amide bonds. The molecule has 0 bridgehead atoms. The molecule has 1 aromatic rings. The van der Waals surface area contributed by atoms with Gasteiger partial charge in [-0.2, -0.15) is 0 Å². The maximum absolute atomic E-state index is 11.2. The van der Waals surface area contributed by atoms with Gasteiger partial charge in [-0.05, 0) is 11.6 Å². The van der Waals surface area contributed by atoms with Crippen molar-refractivity contribution in [2.45, 2.75) is 19.0 Å².